The number of hydrazone groups is 1. The van der Waals surface area contributed by atoms with Crippen LogP contribution in [0.3, 0.4) is 0 Å². The van der Waals surface area contributed by atoms with Crippen LogP contribution < -0.4 is 16.3 Å². The minimum absolute atomic E-state index is 0.434. The predicted octanol–water partition coefficient (Wildman–Crippen LogP) is 0.301. The second-order valence-corrected chi connectivity index (χ2v) is 4.28. The van der Waals surface area contributed by atoms with Crippen molar-refractivity contribution in [3.63, 3.8) is 0 Å². The van der Waals surface area contributed by atoms with Gasteiger partial charge in [0.15, 0.2) is 0 Å². The van der Waals surface area contributed by atoms with E-state index < -0.39 is 12.0 Å². The average molecular weight is 294 g/mol. The Bertz CT molecular complexity index is 517. The highest BCUT2D eigenvalue weighted by Gasteiger charge is 2.45. The maximum absolute atomic E-state index is 10.9. The van der Waals surface area contributed by atoms with Gasteiger partial charge in [-0.2, -0.15) is 5.10 Å². The number of benzene rings is 1. The maximum atomic E-state index is 10.9. The Labute approximate surface area is 122 Å². The molecule has 0 bridgehead atoms. The van der Waals surface area contributed by atoms with Gasteiger partial charge in [-0.1, -0.05) is 24.3 Å². The van der Waals surface area contributed by atoms with Crippen LogP contribution in [0.4, 0.5) is 4.79 Å². The van der Waals surface area contributed by atoms with E-state index in [1.54, 1.807) is 13.3 Å². The summed E-state index contributed by atoms with van der Waals surface area (Å²) in [5, 5.41) is 4.10. The molecular weight excluding hydrogens is 276 g/mol. The summed E-state index contributed by atoms with van der Waals surface area (Å²) in [6, 6.07) is 7.64. The molecule has 1 aromatic carbocycles. The summed E-state index contributed by atoms with van der Waals surface area (Å²) in [6.45, 7) is 0.899. The number of epoxide rings is 1. The highest BCUT2D eigenvalue weighted by molar-refractivity contribution is 5.81. The van der Waals surface area contributed by atoms with E-state index in [2.05, 4.69) is 26.1 Å². The van der Waals surface area contributed by atoms with E-state index in [0.29, 0.717) is 13.2 Å². The van der Waals surface area contributed by atoms with Crippen molar-refractivity contribution in [1.29, 1.82) is 0 Å². The third-order valence-corrected chi connectivity index (χ3v) is 2.88. The summed E-state index contributed by atoms with van der Waals surface area (Å²) < 4.78 is 14.7. The number of nitrogens with zero attached hydrogens (tertiary/aromatic N) is 1. The van der Waals surface area contributed by atoms with Gasteiger partial charge in [0.1, 0.15) is 6.61 Å². The molecule has 0 saturated carbocycles. The summed E-state index contributed by atoms with van der Waals surface area (Å²) >= 11 is 0. The number of rotatable bonds is 7. The van der Waals surface area contributed by atoms with Crippen LogP contribution in [-0.2, 0) is 20.8 Å². The molecule has 1 aliphatic heterocycles. The van der Waals surface area contributed by atoms with Crippen LogP contribution in [0.2, 0.25) is 0 Å². The van der Waals surface area contributed by atoms with E-state index in [1.807, 2.05) is 24.3 Å². The fraction of sp³-hybridized carbons (Fsp3) is 0.385. The lowest BCUT2D eigenvalue weighted by Crippen LogP contribution is -2.36. The molecule has 1 amide bonds. The number of carbonyl (C=O) groups excluding carboxylic acids is 1. The molecule has 1 unspecified atom stereocenters. The van der Waals surface area contributed by atoms with E-state index in [0.717, 1.165) is 11.1 Å². The molecular formula is C13H18N4O4. The Balaban J connectivity index is 1.90. The first-order chi connectivity index (χ1) is 10.2. The molecule has 1 atom stereocenters. The zero-order valence-corrected chi connectivity index (χ0v) is 11.9. The molecule has 1 fully saturated rings. The van der Waals surface area contributed by atoms with Gasteiger partial charge in [0.05, 0.1) is 13.3 Å². The van der Waals surface area contributed by atoms with Gasteiger partial charge in [-0.05, 0) is 11.1 Å². The fourth-order valence-electron chi connectivity index (χ4n) is 1.58. The van der Waals surface area contributed by atoms with Crippen LogP contribution >= 0.6 is 0 Å². The molecule has 114 valence electrons. The predicted molar refractivity (Wildman–Crippen MR) is 75.2 cm³/mol. The zero-order valence-electron chi connectivity index (χ0n) is 11.9. The molecule has 1 aromatic rings. The first-order valence-electron chi connectivity index (χ1n) is 6.33. The van der Waals surface area contributed by atoms with Crippen LogP contribution in [0.1, 0.15) is 11.1 Å². The van der Waals surface area contributed by atoms with Crippen molar-refractivity contribution in [1.82, 2.24) is 16.3 Å². The van der Waals surface area contributed by atoms with E-state index in [9.17, 15) is 4.79 Å². The average Bonchev–Trinajstić information content (AvgIpc) is 3.29. The summed E-state index contributed by atoms with van der Waals surface area (Å²) in [5.74, 6) is -0.782. The Kier molecular flexibility index (Phi) is 5.09. The van der Waals surface area contributed by atoms with Gasteiger partial charge in [0.2, 0.25) is 0 Å². The molecule has 1 aliphatic rings. The molecule has 3 N–H and O–H groups in total. The van der Waals surface area contributed by atoms with Gasteiger partial charge >= 0.3 is 6.09 Å². The van der Waals surface area contributed by atoms with Crippen LogP contribution in [0.25, 0.3) is 0 Å². The minimum atomic E-state index is -0.782. The summed E-state index contributed by atoms with van der Waals surface area (Å²) in [5.41, 5.74) is 9.82. The van der Waals surface area contributed by atoms with E-state index >= 15 is 0 Å². The highest BCUT2D eigenvalue weighted by atomic mass is 16.8. The molecule has 0 aromatic heterocycles. The standard InChI is InChI=1S/C13H18N4O4/c1-19-12(18)16-14-7-10-5-3-4-6-11(10)8-15-17-13(20-2)9-21-13/h3-6,8,14,17H,7,9H2,1-2H3,(H,16,18)/b15-8+. The lowest BCUT2D eigenvalue weighted by molar-refractivity contribution is -0.0357. The number of amides is 1. The Morgan fingerprint density at radius 1 is 1.48 bits per heavy atom. The molecule has 0 spiro atoms. The lowest BCUT2D eigenvalue weighted by Gasteiger charge is -2.10. The lowest BCUT2D eigenvalue weighted by atomic mass is 10.1. The number of carbonyl (C=O) groups is 1. The van der Waals surface area contributed by atoms with Crippen molar-refractivity contribution in [2.45, 2.75) is 12.5 Å². The first-order valence-corrected chi connectivity index (χ1v) is 6.33. The smallest absolute Gasteiger partial charge is 0.421 e. The summed E-state index contributed by atoms with van der Waals surface area (Å²) in [7, 11) is 2.85. The van der Waals surface area contributed by atoms with Gasteiger partial charge in [-0.25, -0.2) is 10.2 Å². The van der Waals surface area contributed by atoms with Crippen molar-refractivity contribution in [2.24, 2.45) is 5.10 Å². The normalized spacial score (nSPS) is 20.3. The third-order valence-electron chi connectivity index (χ3n) is 2.88. The molecule has 8 heteroatoms. The number of nitrogens with one attached hydrogen (secondary N) is 3. The number of ether oxygens (including phenoxy) is 3. The number of hydrazine groups is 1. The fourth-order valence-corrected chi connectivity index (χ4v) is 1.58. The van der Waals surface area contributed by atoms with Crippen LogP contribution in [-0.4, -0.2) is 39.0 Å². The van der Waals surface area contributed by atoms with E-state index in [-0.39, 0.29) is 0 Å². The van der Waals surface area contributed by atoms with E-state index in [1.165, 1.54) is 7.11 Å². The topological polar surface area (TPSA) is 96.5 Å². The van der Waals surface area contributed by atoms with Crippen molar-refractivity contribution >= 4 is 12.3 Å². The summed E-state index contributed by atoms with van der Waals surface area (Å²) in [4.78, 5) is 10.9. The molecule has 1 heterocycles. The molecule has 0 radical (unpaired) electrons. The van der Waals surface area contributed by atoms with Crippen molar-refractivity contribution in [3.8, 4) is 0 Å². The molecule has 21 heavy (non-hydrogen) atoms. The van der Waals surface area contributed by atoms with Crippen LogP contribution in [0, 0.1) is 0 Å². The van der Waals surface area contributed by atoms with Crippen molar-refractivity contribution < 1.29 is 19.0 Å². The molecule has 1 saturated heterocycles. The quantitative estimate of drug-likeness (QED) is 0.290. The maximum Gasteiger partial charge on any atom is 0.421 e. The molecule has 2 rings (SSSR count). The largest absolute Gasteiger partial charge is 0.452 e. The SMILES string of the molecule is COC(=O)NNCc1ccccc1/C=N/NC1(OC)CO1. The van der Waals surface area contributed by atoms with Crippen molar-refractivity contribution in [2.75, 3.05) is 20.8 Å². The monoisotopic (exact) mass is 294 g/mol. The highest BCUT2D eigenvalue weighted by Crippen LogP contribution is 2.23. The van der Waals surface area contributed by atoms with Gasteiger partial charge in [-0.15, -0.1) is 0 Å². The van der Waals surface area contributed by atoms with Crippen LogP contribution in [0.5, 0.6) is 0 Å². The van der Waals surface area contributed by atoms with Gasteiger partial charge in [-0.3, -0.25) is 10.9 Å². The van der Waals surface area contributed by atoms with Crippen LogP contribution in [0.15, 0.2) is 29.4 Å². The first kappa shape index (κ1) is 15.2. The van der Waals surface area contributed by atoms with Gasteiger partial charge < -0.3 is 14.2 Å². The minimum Gasteiger partial charge on any atom is -0.452 e. The zero-order chi connectivity index (χ0) is 15.1. The van der Waals surface area contributed by atoms with E-state index in [4.69, 9.17) is 9.47 Å². The molecule has 8 nitrogen and oxygen atoms in total. The van der Waals surface area contributed by atoms with Gasteiger partial charge in [0.25, 0.3) is 5.91 Å². The summed E-state index contributed by atoms with van der Waals surface area (Å²) in [6.07, 6.45) is 1.12. The second-order valence-electron chi connectivity index (χ2n) is 4.28. The third kappa shape index (κ3) is 4.42. The number of hydrogen-bond acceptors (Lipinski definition) is 7. The Morgan fingerprint density at radius 2 is 2.24 bits per heavy atom. The van der Waals surface area contributed by atoms with Crippen molar-refractivity contribution in [3.05, 3.63) is 35.4 Å². The molecule has 0 aliphatic carbocycles. The Morgan fingerprint density at radius 3 is 2.90 bits per heavy atom. The second kappa shape index (κ2) is 7.02. The van der Waals surface area contributed by atoms with Gasteiger partial charge in [0, 0.05) is 13.7 Å². The number of methoxy groups -OCH3 is 2. The Hall–Kier alpha value is -2.16. The number of hydrogen-bond donors (Lipinski definition) is 3.